The fraction of sp³-hybridized carbons (Fsp3) is 0.375. The Morgan fingerprint density at radius 2 is 1.48 bits per heavy atom. The highest BCUT2D eigenvalue weighted by atomic mass is 16.6. The lowest BCUT2D eigenvalue weighted by molar-refractivity contribution is 0.136. The summed E-state index contributed by atoms with van der Waals surface area (Å²) in [6.07, 6.45) is 3.53. The third-order valence-electron chi connectivity index (χ3n) is 5.37. The molecule has 7 nitrogen and oxygen atoms in total. The molecule has 3 heterocycles. The Bertz CT molecular complexity index is 1010. The van der Waals surface area contributed by atoms with E-state index in [1.165, 1.54) is 0 Å². The third-order valence-corrected chi connectivity index (χ3v) is 5.37. The normalized spacial score (nSPS) is 20.7. The Morgan fingerprint density at radius 1 is 0.806 bits per heavy atom. The molecule has 5 rings (SSSR count). The Kier molecular flexibility index (Phi) is 5.78. The molecular weight excluding hydrogens is 398 g/mol. The molecule has 2 atom stereocenters. The maximum absolute atomic E-state index is 6.27. The summed E-state index contributed by atoms with van der Waals surface area (Å²) in [5.41, 5.74) is 0.798. The molecular formula is C24H25NO6. The fourth-order valence-electron chi connectivity index (χ4n) is 3.78. The van der Waals surface area contributed by atoms with Crippen LogP contribution in [-0.4, -0.2) is 50.7 Å². The topological polar surface area (TPSA) is 68.3 Å². The first-order valence-corrected chi connectivity index (χ1v) is 10.5. The van der Waals surface area contributed by atoms with Crippen LogP contribution in [0.1, 0.15) is 12.8 Å². The van der Waals surface area contributed by atoms with Gasteiger partial charge >= 0.3 is 0 Å². The van der Waals surface area contributed by atoms with Gasteiger partial charge in [-0.05, 0) is 18.2 Å². The van der Waals surface area contributed by atoms with Gasteiger partial charge < -0.3 is 28.4 Å². The molecule has 162 valence electrons. The quantitative estimate of drug-likeness (QED) is 0.559. The van der Waals surface area contributed by atoms with Gasteiger partial charge in [-0.1, -0.05) is 0 Å². The van der Waals surface area contributed by atoms with E-state index < -0.39 is 0 Å². The molecule has 0 bridgehead atoms. The van der Waals surface area contributed by atoms with E-state index in [0.717, 1.165) is 42.7 Å². The smallest absolute Gasteiger partial charge is 0.138 e. The average Bonchev–Trinajstić information content (AvgIpc) is 3.48. The summed E-state index contributed by atoms with van der Waals surface area (Å²) in [6.45, 7) is 2.62. The van der Waals surface area contributed by atoms with Crippen molar-refractivity contribution < 1.29 is 28.4 Å². The van der Waals surface area contributed by atoms with Crippen LogP contribution in [0, 0.1) is 0 Å². The zero-order chi connectivity index (χ0) is 21.0. The molecule has 0 spiro atoms. The number of aromatic nitrogens is 1. The molecule has 2 aromatic carbocycles. The van der Waals surface area contributed by atoms with E-state index in [-0.39, 0.29) is 12.2 Å². The van der Waals surface area contributed by atoms with Crippen LogP contribution >= 0.6 is 0 Å². The second kappa shape index (κ2) is 8.99. The Balaban J connectivity index is 1.44. The standard InChI is InChI=1S/C24H25NO6/c1-26-16-2-3-22-23(13-16)25-7-4-24(22)31-21-11-19(29-17-5-8-27-14-17)10-20(12-21)30-18-6-9-28-15-18/h2-4,7,10-13,17-18H,5-6,8-9,14-15H2,1H3. The van der Waals surface area contributed by atoms with Crippen LogP contribution in [0.2, 0.25) is 0 Å². The van der Waals surface area contributed by atoms with Crippen LogP contribution in [0.15, 0.2) is 48.7 Å². The van der Waals surface area contributed by atoms with E-state index in [0.29, 0.717) is 36.2 Å². The van der Waals surface area contributed by atoms with Gasteiger partial charge in [0.25, 0.3) is 0 Å². The molecule has 3 aromatic rings. The molecule has 0 saturated carbocycles. The predicted molar refractivity (Wildman–Crippen MR) is 115 cm³/mol. The number of nitrogens with zero attached hydrogens (tertiary/aromatic N) is 1. The number of hydrogen-bond donors (Lipinski definition) is 0. The molecule has 2 unspecified atom stereocenters. The number of fused-ring (bicyclic) bond motifs is 1. The van der Waals surface area contributed by atoms with Crippen LogP contribution in [0.3, 0.4) is 0 Å². The Hall–Kier alpha value is -3.03. The van der Waals surface area contributed by atoms with E-state index in [2.05, 4.69) is 4.98 Å². The van der Waals surface area contributed by atoms with Crippen molar-refractivity contribution in [2.45, 2.75) is 25.0 Å². The zero-order valence-corrected chi connectivity index (χ0v) is 17.4. The van der Waals surface area contributed by atoms with E-state index in [1.54, 1.807) is 13.3 Å². The van der Waals surface area contributed by atoms with Crippen molar-refractivity contribution in [3.05, 3.63) is 48.7 Å². The highest BCUT2D eigenvalue weighted by Gasteiger charge is 2.21. The molecule has 2 saturated heterocycles. The third kappa shape index (κ3) is 4.68. The molecule has 2 fully saturated rings. The number of rotatable bonds is 7. The van der Waals surface area contributed by atoms with Crippen molar-refractivity contribution in [2.75, 3.05) is 33.5 Å². The maximum Gasteiger partial charge on any atom is 0.138 e. The first-order valence-electron chi connectivity index (χ1n) is 10.5. The molecule has 2 aliphatic heterocycles. The molecule has 1 aromatic heterocycles. The summed E-state index contributed by atoms with van der Waals surface area (Å²) in [5.74, 6) is 3.47. The maximum atomic E-state index is 6.27. The van der Waals surface area contributed by atoms with E-state index in [4.69, 9.17) is 28.4 Å². The van der Waals surface area contributed by atoms with Crippen molar-refractivity contribution in [1.82, 2.24) is 4.98 Å². The first-order chi connectivity index (χ1) is 15.3. The van der Waals surface area contributed by atoms with Gasteiger partial charge in [0.1, 0.15) is 41.0 Å². The lowest BCUT2D eigenvalue weighted by atomic mass is 10.2. The SMILES string of the molecule is COc1ccc2c(Oc3cc(OC4CCOC4)cc(OC4CCOC4)c3)ccnc2c1. The minimum atomic E-state index is 0.0344. The second-order valence-corrected chi connectivity index (χ2v) is 7.64. The van der Waals surface area contributed by atoms with Gasteiger partial charge in [0.15, 0.2) is 0 Å². The highest BCUT2D eigenvalue weighted by Crippen LogP contribution is 2.36. The number of methoxy groups -OCH3 is 1. The molecule has 7 heteroatoms. The average molecular weight is 423 g/mol. The first kappa shape index (κ1) is 19.9. The second-order valence-electron chi connectivity index (χ2n) is 7.64. The van der Waals surface area contributed by atoms with Crippen molar-refractivity contribution in [1.29, 1.82) is 0 Å². The van der Waals surface area contributed by atoms with Crippen LogP contribution in [0.4, 0.5) is 0 Å². The van der Waals surface area contributed by atoms with Crippen molar-refractivity contribution in [2.24, 2.45) is 0 Å². The Morgan fingerprint density at radius 3 is 2.10 bits per heavy atom. The highest BCUT2D eigenvalue weighted by molar-refractivity contribution is 5.86. The van der Waals surface area contributed by atoms with Crippen LogP contribution in [0.5, 0.6) is 28.7 Å². The van der Waals surface area contributed by atoms with Gasteiger partial charge in [-0.3, -0.25) is 4.98 Å². The van der Waals surface area contributed by atoms with Crippen molar-refractivity contribution in [3.63, 3.8) is 0 Å². The predicted octanol–water partition coefficient (Wildman–Crippen LogP) is 4.37. The van der Waals surface area contributed by atoms with Crippen molar-refractivity contribution in [3.8, 4) is 28.7 Å². The number of pyridine rings is 1. The molecule has 0 aliphatic carbocycles. The van der Waals surface area contributed by atoms with Gasteiger partial charge in [-0.25, -0.2) is 0 Å². The minimum Gasteiger partial charge on any atom is -0.497 e. The van der Waals surface area contributed by atoms with Gasteiger partial charge in [-0.2, -0.15) is 0 Å². The zero-order valence-electron chi connectivity index (χ0n) is 17.4. The summed E-state index contributed by atoms with van der Waals surface area (Å²) >= 11 is 0. The van der Waals surface area contributed by atoms with E-state index >= 15 is 0 Å². The van der Waals surface area contributed by atoms with Gasteiger partial charge in [0, 0.05) is 48.7 Å². The summed E-state index contributed by atoms with van der Waals surface area (Å²) < 4.78 is 34.7. The molecule has 0 N–H and O–H groups in total. The largest absolute Gasteiger partial charge is 0.497 e. The fourth-order valence-corrected chi connectivity index (χ4v) is 3.78. The summed E-state index contributed by atoms with van der Waals surface area (Å²) in [6, 6.07) is 13.2. The molecule has 31 heavy (non-hydrogen) atoms. The Labute approximate surface area is 180 Å². The molecule has 0 radical (unpaired) electrons. The van der Waals surface area contributed by atoms with E-state index in [9.17, 15) is 0 Å². The summed E-state index contributed by atoms with van der Waals surface area (Å²) in [5, 5.41) is 0.894. The van der Waals surface area contributed by atoms with Crippen LogP contribution in [0.25, 0.3) is 10.9 Å². The molecule has 0 amide bonds. The number of ether oxygens (including phenoxy) is 6. The van der Waals surface area contributed by atoms with Crippen LogP contribution < -0.4 is 18.9 Å². The van der Waals surface area contributed by atoms with Crippen molar-refractivity contribution >= 4 is 10.9 Å². The van der Waals surface area contributed by atoms with E-state index in [1.807, 2.05) is 42.5 Å². The summed E-state index contributed by atoms with van der Waals surface area (Å²) in [7, 11) is 1.64. The molecule has 2 aliphatic rings. The number of hydrogen-bond acceptors (Lipinski definition) is 7. The van der Waals surface area contributed by atoms with Crippen LogP contribution in [-0.2, 0) is 9.47 Å². The van der Waals surface area contributed by atoms with Gasteiger partial charge in [0.2, 0.25) is 0 Å². The lowest BCUT2D eigenvalue weighted by Crippen LogP contribution is -2.17. The number of benzene rings is 2. The lowest BCUT2D eigenvalue weighted by Gasteiger charge is -2.18. The van der Waals surface area contributed by atoms with Gasteiger partial charge in [0.05, 0.1) is 39.1 Å². The monoisotopic (exact) mass is 423 g/mol. The summed E-state index contributed by atoms with van der Waals surface area (Å²) in [4.78, 5) is 4.43. The van der Waals surface area contributed by atoms with Gasteiger partial charge in [-0.15, -0.1) is 0 Å². The minimum absolute atomic E-state index is 0.0344.